The molecular formula is C17H15N7O2. The standard InChI is InChI=1S/C17H15N7O2/c25-16(15-21-17-19-8-4-10-24(17)22-15)18-9-7-14-20-13(23-26-14)11-12-5-2-1-3-6-12/h1-6,8,10H,7,9,11H2,(H,18,25). The van der Waals surface area contributed by atoms with E-state index >= 15 is 0 Å². The van der Waals surface area contributed by atoms with Crippen molar-refractivity contribution < 1.29 is 9.32 Å². The lowest BCUT2D eigenvalue weighted by Gasteiger charge is -1.98. The number of hydrogen-bond donors (Lipinski definition) is 1. The summed E-state index contributed by atoms with van der Waals surface area (Å²) in [6, 6.07) is 11.6. The number of hydrogen-bond acceptors (Lipinski definition) is 7. The lowest BCUT2D eigenvalue weighted by Crippen LogP contribution is -2.26. The maximum Gasteiger partial charge on any atom is 0.291 e. The van der Waals surface area contributed by atoms with E-state index in [1.165, 1.54) is 4.52 Å². The molecule has 0 aliphatic rings. The summed E-state index contributed by atoms with van der Waals surface area (Å²) >= 11 is 0. The normalized spacial score (nSPS) is 10.9. The molecule has 0 atom stereocenters. The number of rotatable bonds is 6. The summed E-state index contributed by atoms with van der Waals surface area (Å²) in [6.07, 6.45) is 4.31. The van der Waals surface area contributed by atoms with Gasteiger partial charge in [0.25, 0.3) is 11.7 Å². The fourth-order valence-corrected chi connectivity index (χ4v) is 2.43. The van der Waals surface area contributed by atoms with Crippen LogP contribution in [0.2, 0.25) is 0 Å². The third-order valence-electron chi connectivity index (χ3n) is 3.66. The van der Waals surface area contributed by atoms with Crippen molar-refractivity contribution in [2.75, 3.05) is 6.54 Å². The number of carbonyl (C=O) groups excluding carboxylic acids is 1. The number of fused-ring (bicyclic) bond motifs is 1. The zero-order chi connectivity index (χ0) is 17.8. The van der Waals surface area contributed by atoms with Gasteiger partial charge in [0.05, 0.1) is 0 Å². The SMILES string of the molecule is O=C(NCCc1nc(Cc2ccccc2)no1)c1nc2ncccn2n1. The molecule has 26 heavy (non-hydrogen) atoms. The van der Waals surface area contributed by atoms with Crippen LogP contribution in [0.4, 0.5) is 0 Å². The average Bonchev–Trinajstić information content (AvgIpc) is 3.29. The Hall–Kier alpha value is -3.62. The van der Waals surface area contributed by atoms with Gasteiger partial charge in [-0.25, -0.2) is 9.50 Å². The van der Waals surface area contributed by atoms with Gasteiger partial charge in [0, 0.05) is 31.8 Å². The molecule has 0 saturated carbocycles. The molecule has 0 fully saturated rings. The van der Waals surface area contributed by atoms with Crippen LogP contribution < -0.4 is 5.32 Å². The quantitative estimate of drug-likeness (QED) is 0.554. The average molecular weight is 349 g/mol. The summed E-state index contributed by atoms with van der Waals surface area (Å²) in [5.41, 5.74) is 1.11. The second-order valence-corrected chi connectivity index (χ2v) is 5.57. The van der Waals surface area contributed by atoms with E-state index in [1.807, 2.05) is 30.3 Å². The first-order chi connectivity index (χ1) is 12.8. The van der Waals surface area contributed by atoms with Crippen LogP contribution in [0.5, 0.6) is 0 Å². The van der Waals surface area contributed by atoms with Crippen LogP contribution in [0, 0.1) is 0 Å². The summed E-state index contributed by atoms with van der Waals surface area (Å²) in [7, 11) is 0. The molecule has 0 bridgehead atoms. The van der Waals surface area contributed by atoms with E-state index in [0.717, 1.165) is 5.56 Å². The topological polar surface area (TPSA) is 111 Å². The largest absolute Gasteiger partial charge is 0.349 e. The molecule has 130 valence electrons. The van der Waals surface area contributed by atoms with E-state index < -0.39 is 0 Å². The fraction of sp³-hybridized carbons (Fsp3) is 0.176. The van der Waals surface area contributed by atoms with Crippen LogP contribution in [0.15, 0.2) is 53.3 Å². The Morgan fingerprint density at radius 2 is 2.04 bits per heavy atom. The highest BCUT2D eigenvalue weighted by molar-refractivity contribution is 5.90. The molecule has 0 saturated heterocycles. The maximum atomic E-state index is 12.1. The van der Waals surface area contributed by atoms with Crippen LogP contribution in [-0.4, -0.2) is 42.2 Å². The molecule has 3 heterocycles. The summed E-state index contributed by atoms with van der Waals surface area (Å²) in [5.74, 6) is 1.16. The lowest BCUT2D eigenvalue weighted by molar-refractivity contribution is 0.0943. The highest BCUT2D eigenvalue weighted by atomic mass is 16.5. The highest BCUT2D eigenvalue weighted by Crippen LogP contribution is 2.06. The van der Waals surface area contributed by atoms with Gasteiger partial charge in [0.15, 0.2) is 5.82 Å². The zero-order valence-corrected chi connectivity index (χ0v) is 13.7. The molecule has 1 N–H and O–H groups in total. The fourth-order valence-electron chi connectivity index (χ4n) is 2.43. The first-order valence-corrected chi connectivity index (χ1v) is 8.09. The molecule has 3 aromatic heterocycles. The van der Waals surface area contributed by atoms with Crippen LogP contribution in [0.3, 0.4) is 0 Å². The summed E-state index contributed by atoms with van der Waals surface area (Å²) in [4.78, 5) is 24.5. The number of aromatic nitrogens is 6. The van der Waals surface area contributed by atoms with Crippen molar-refractivity contribution in [3.8, 4) is 0 Å². The predicted octanol–water partition coefficient (Wildman–Crippen LogP) is 1.07. The molecule has 0 aliphatic carbocycles. The van der Waals surface area contributed by atoms with Gasteiger partial charge in [-0.2, -0.15) is 9.97 Å². The maximum absolute atomic E-state index is 12.1. The Labute approximate surface area is 148 Å². The monoisotopic (exact) mass is 349 g/mol. The second kappa shape index (κ2) is 7.09. The second-order valence-electron chi connectivity index (χ2n) is 5.57. The van der Waals surface area contributed by atoms with E-state index in [-0.39, 0.29) is 11.7 Å². The molecule has 0 aliphatic heterocycles. The first-order valence-electron chi connectivity index (χ1n) is 8.09. The molecule has 4 rings (SSSR count). The van der Waals surface area contributed by atoms with Gasteiger partial charge < -0.3 is 9.84 Å². The predicted molar refractivity (Wildman–Crippen MR) is 90.4 cm³/mol. The van der Waals surface area contributed by atoms with E-state index in [9.17, 15) is 4.79 Å². The Morgan fingerprint density at radius 1 is 1.15 bits per heavy atom. The Kier molecular flexibility index (Phi) is 4.33. The van der Waals surface area contributed by atoms with Crippen molar-refractivity contribution in [2.24, 2.45) is 0 Å². The van der Waals surface area contributed by atoms with Crippen LogP contribution in [0.25, 0.3) is 5.78 Å². The molecule has 9 heteroatoms. The van der Waals surface area contributed by atoms with Gasteiger partial charge in [-0.05, 0) is 11.6 Å². The summed E-state index contributed by atoms with van der Waals surface area (Å²) in [5, 5.41) is 10.8. The van der Waals surface area contributed by atoms with E-state index in [4.69, 9.17) is 4.52 Å². The van der Waals surface area contributed by atoms with Gasteiger partial charge in [0.1, 0.15) is 0 Å². The van der Waals surface area contributed by atoms with Crippen molar-refractivity contribution in [3.63, 3.8) is 0 Å². The van der Waals surface area contributed by atoms with Crippen LogP contribution in [0.1, 0.15) is 27.9 Å². The summed E-state index contributed by atoms with van der Waals surface area (Å²) < 4.78 is 6.66. The van der Waals surface area contributed by atoms with Gasteiger partial charge in [-0.3, -0.25) is 4.79 Å². The van der Waals surface area contributed by atoms with Gasteiger partial charge in [-0.15, -0.1) is 5.10 Å². The number of nitrogens with zero attached hydrogens (tertiary/aromatic N) is 6. The Bertz CT molecular complexity index is 993. The molecule has 0 spiro atoms. The van der Waals surface area contributed by atoms with Crippen molar-refractivity contribution in [2.45, 2.75) is 12.8 Å². The number of benzene rings is 1. The lowest BCUT2D eigenvalue weighted by atomic mass is 10.1. The summed E-state index contributed by atoms with van der Waals surface area (Å²) in [6.45, 7) is 0.342. The van der Waals surface area contributed by atoms with Crippen molar-refractivity contribution in [1.29, 1.82) is 0 Å². The number of nitrogens with one attached hydrogen (secondary N) is 1. The molecule has 1 amide bonds. The van der Waals surface area contributed by atoms with Crippen LogP contribution in [-0.2, 0) is 12.8 Å². The zero-order valence-electron chi connectivity index (χ0n) is 13.7. The minimum atomic E-state index is -0.375. The molecule has 0 unspecified atom stereocenters. The Morgan fingerprint density at radius 3 is 2.88 bits per heavy atom. The van der Waals surface area contributed by atoms with E-state index in [2.05, 4.69) is 30.5 Å². The van der Waals surface area contributed by atoms with Gasteiger partial charge in [-0.1, -0.05) is 35.5 Å². The molecular weight excluding hydrogens is 334 g/mol. The first kappa shape index (κ1) is 15.9. The minimum absolute atomic E-state index is 0.0685. The third-order valence-corrected chi connectivity index (χ3v) is 3.66. The van der Waals surface area contributed by atoms with Crippen LogP contribution >= 0.6 is 0 Å². The van der Waals surface area contributed by atoms with E-state index in [1.54, 1.807) is 18.5 Å². The van der Waals surface area contributed by atoms with E-state index in [0.29, 0.717) is 36.9 Å². The smallest absolute Gasteiger partial charge is 0.291 e. The molecule has 9 nitrogen and oxygen atoms in total. The van der Waals surface area contributed by atoms with Gasteiger partial charge in [0.2, 0.25) is 11.7 Å². The van der Waals surface area contributed by atoms with Crippen molar-refractivity contribution in [1.82, 2.24) is 35.0 Å². The highest BCUT2D eigenvalue weighted by Gasteiger charge is 2.13. The molecule has 4 aromatic rings. The number of amides is 1. The Balaban J connectivity index is 1.31. The molecule has 0 radical (unpaired) electrons. The van der Waals surface area contributed by atoms with Crippen molar-refractivity contribution >= 4 is 11.7 Å². The third kappa shape index (κ3) is 3.56. The molecule has 1 aromatic carbocycles. The van der Waals surface area contributed by atoms with Gasteiger partial charge >= 0.3 is 0 Å². The number of carbonyl (C=O) groups is 1. The minimum Gasteiger partial charge on any atom is -0.349 e. The van der Waals surface area contributed by atoms with Crippen molar-refractivity contribution in [3.05, 3.63) is 71.9 Å².